The zero-order valence-electron chi connectivity index (χ0n) is 9.45. The summed E-state index contributed by atoms with van der Waals surface area (Å²) in [6, 6.07) is 4.56. The summed E-state index contributed by atoms with van der Waals surface area (Å²) in [4.78, 5) is 2.32. The number of nitrogens with one attached hydrogen (secondary N) is 1. The fourth-order valence-corrected chi connectivity index (χ4v) is 2.16. The van der Waals surface area contributed by atoms with Crippen LogP contribution < -0.4 is 5.32 Å². The van der Waals surface area contributed by atoms with Crippen molar-refractivity contribution in [3.8, 4) is 0 Å². The molecule has 0 spiro atoms. The van der Waals surface area contributed by atoms with Gasteiger partial charge in [-0.1, -0.05) is 5.16 Å². The fourth-order valence-electron chi connectivity index (χ4n) is 2.16. The molecule has 5 heteroatoms. The molecule has 1 fully saturated rings. The molecule has 0 bridgehead atoms. The van der Waals surface area contributed by atoms with E-state index in [0.717, 1.165) is 43.8 Å². The second kappa shape index (κ2) is 4.43. The van der Waals surface area contributed by atoms with Gasteiger partial charge in [0.15, 0.2) is 5.58 Å². The molecule has 3 rings (SSSR count). The SMILES string of the molecule is Fc1ccc2c(CN3CCNCC3)noc2c1. The van der Waals surface area contributed by atoms with Crippen LogP contribution in [0, 0.1) is 5.82 Å². The number of fused-ring (bicyclic) bond motifs is 1. The summed E-state index contributed by atoms with van der Waals surface area (Å²) in [6.45, 7) is 4.79. The molecule has 0 radical (unpaired) electrons. The maximum atomic E-state index is 13.0. The number of hydrogen-bond donors (Lipinski definition) is 1. The van der Waals surface area contributed by atoms with Crippen molar-refractivity contribution in [2.24, 2.45) is 0 Å². The Bertz CT molecular complexity index is 519. The van der Waals surface area contributed by atoms with Crippen LogP contribution in [-0.4, -0.2) is 36.2 Å². The maximum Gasteiger partial charge on any atom is 0.170 e. The van der Waals surface area contributed by atoms with Gasteiger partial charge < -0.3 is 9.84 Å². The van der Waals surface area contributed by atoms with Gasteiger partial charge in [0.25, 0.3) is 0 Å². The van der Waals surface area contributed by atoms with Crippen molar-refractivity contribution in [1.82, 2.24) is 15.4 Å². The van der Waals surface area contributed by atoms with E-state index in [1.54, 1.807) is 6.07 Å². The Morgan fingerprint density at radius 2 is 2.18 bits per heavy atom. The van der Waals surface area contributed by atoms with Crippen molar-refractivity contribution in [1.29, 1.82) is 0 Å². The van der Waals surface area contributed by atoms with Crippen LogP contribution in [0.5, 0.6) is 0 Å². The van der Waals surface area contributed by atoms with Gasteiger partial charge in [-0.15, -0.1) is 0 Å². The first-order valence-electron chi connectivity index (χ1n) is 5.80. The molecule has 0 amide bonds. The molecule has 2 aromatic rings. The predicted octanol–water partition coefficient (Wildman–Crippen LogP) is 1.37. The number of nitrogens with zero attached hydrogens (tertiary/aromatic N) is 2. The molecule has 1 aromatic heterocycles. The highest BCUT2D eigenvalue weighted by atomic mass is 19.1. The van der Waals surface area contributed by atoms with Crippen molar-refractivity contribution in [3.05, 3.63) is 29.7 Å². The highest BCUT2D eigenvalue weighted by Crippen LogP contribution is 2.20. The topological polar surface area (TPSA) is 41.3 Å². The van der Waals surface area contributed by atoms with Gasteiger partial charge >= 0.3 is 0 Å². The van der Waals surface area contributed by atoms with Gasteiger partial charge in [0, 0.05) is 44.2 Å². The molecule has 0 unspecified atom stereocenters. The Kier molecular flexibility index (Phi) is 2.78. The fraction of sp³-hybridized carbons (Fsp3) is 0.417. The Morgan fingerprint density at radius 3 is 3.00 bits per heavy atom. The van der Waals surface area contributed by atoms with E-state index in [4.69, 9.17) is 4.52 Å². The van der Waals surface area contributed by atoms with Crippen molar-refractivity contribution in [2.75, 3.05) is 26.2 Å². The molecule has 1 aliphatic rings. The molecule has 0 atom stereocenters. The van der Waals surface area contributed by atoms with Crippen LogP contribution >= 0.6 is 0 Å². The minimum atomic E-state index is -0.289. The Balaban J connectivity index is 1.84. The third kappa shape index (κ3) is 2.16. The van der Waals surface area contributed by atoms with E-state index in [0.29, 0.717) is 5.58 Å². The van der Waals surface area contributed by atoms with Crippen molar-refractivity contribution < 1.29 is 8.91 Å². The molecule has 0 aliphatic carbocycles. The molecule has 17 heavy (non-hydrogen) atoms. The zero-order chi connectivity index (χ0) is 11.7. The van der Waals surface area contributed by atoms with Crippen molar-refractivity contribution >= 4 is 11.0 Å². The number of hydrogen-bond acceptors (Lipinski definition) is 4. The lowest BCUT2D eigenvalue weighted by molar-refractivity contribution is 0.227. The van der Waals surface area contributed by atoms with Gasteiger partial charge in [-0.25, -0.2) is 4.39 Å². The van der Waals surface area contributed by atoms with Gasteiger partial charge in [-0.3, -0.25) is 4.90 Å². The minimum Gasteiger partial charge on any atom is -0.356 e. The maximum absolute atomic E-state index is 13.0. The summed E-state index contributed by atoms with van der Waals surface area (Å²) in [5.74, 6) is -0.289. The normalized spacial score (nSPS) is 17.7. The van der Waals surface area contributed by atoms with Crippen LogP contribution in [0.4, 0.5) is 4.39 Å². The summed E-state index contributed by atoms with van der Waals surface area (Å²) in [7, 11) is 0. The van der Waals surface area contributed by atoms with Crippen LogP contribution in [-0.2, 0) is 6.54 Å². The van der Waals surface area contributed by atoms with E-state index in [2.05, 4.69) is 15.4 Å². The minimum absolute atomic E-state index is 0.289. The summed E-state index contributed by atoms with van der Waals surface area (Å²) < 4.78 is 18.1. The molecule has 1 saturated heterocycles. The van der Waals surface area contributed by atoms with Crippen LogP contribution in [0.3, 0.4) is 0 Å². The highest BCUT2D eigenvalue weighted by Gasteiger charge is 2.15. The molecule has 1 aromatic carbocycles. The second-order valence-corrected chi connectivity index (χ2v) is 4.30. The molecule has 1 N–H and O–H groups in total. The number of aromatic nitrogens is 1. The number of piperazine rings is 1. The first kappa shape index (κ1) is 10.7. The Hall–Kier alpha value is -1.46. The zero-order valence-corrected chi connectivity index (χ0v) is 9.45. The number of rotatable bonds is 2. The van der Waals surface area contributed by atoms with E-state index in [1.807, 2.05) is 0 Å². The summed E-state index contributed by atoms with van der Waals surface area (Å²) in [5, 5.41) is 8.24. The monoisotopic (exact) mass is 235 g/mol. The van der Waals surface area contributed by atoms with Crippen molar-refractivity contribution in [3.63, 3.8) is 0 Å². The van der Waals surface area contributed by atoms with E-state index in [9.17, 15) is 4.39 Å². The average molecular weight is 235 g/mol. The van der Waals surface area contributed by atoms with Crippen LogP contribution in [0.25, 0.3) is 11.0 Å². The van der Waals surface area contributed by atoms with E-state index < -0.39 is 0 Å². The summed E-state index contributed by atoms with van der Waals surface area (Å²) >= 11 is 0. The van der Waals surface area contributed by atoms with Crippen LogP contribution in [0.15, 0.2) is 22.7 Å². The largest absolute Gasteiger partial charge is 0.356 e. The van der Waals surface area contributed by atoms with Gasteiger partial charge in [-0.2, -0.15) is 0 Å². The first-order valence-corrected chi connectivity index (χ1v) is 5.80. The van der Waals surface area contributed by atoms with Gasteiger partial charge in [0.2, 0.25) is 0 Å². The lowest BCUT2D eigenvalue weighted by Crippen LogP contribution is -2.42. The Labute approximate surface area is 98.4 Å². The van der Waals surface area contributed by atoms with Gasteiger partial charge in [0.05, 0.1) is 0 Å². The molecule has 90 valence electrons. The summed E-state index contributed by atoms with van der Waals surface area (Å²) in [5.41, 5.74) is 1.41. The summed E-state index contributed by atoms with van der Waals surface area (Å²) in [6.07, 6.45) is 0. The highest BCUT2D eigenvalue weighted by molar-refractivity contribution is 5.79. The lowest BCUT2D eigenvalue weighted by atomic mass is 10.2. The average Bonchev–Trinajstić information content (AvgIpc) is 2.73. The van der Waals surface area contributed by atoms with Crippen LogP contribution in [0.1, 0.15) is 5.69 Å². The quantitative estimate of drug-likeness (QED) is 0.853. The van der Waals surface area contributed by atoms with Gasteiger partial charge in [-0.05, 0) is 12.1 Å². The van der Waals surface area contributed by atoms with E-state index in [1.165, 1.54) is 12.1 Å². The third-order valence-corrected chi connectivity index (χ3v) is 3.09. The molecule has 1 aliphatic heterocycles. The van der Waals surface area contributed by atoms with Gasteiger partial charge in [0.1, 0.15) is 11.5 Å². The van der Waals surface area contributed by atoms with Crippen molar-refractivity contribution in [2.45, 2.75) is 6.54 Å². The van der Waals surface area contributed by atoms with Crippen LogP contribution in [0.2, 0.25) is 0 Å². The smallest absolute Gasteiger partial charge is 0.170 e. The standard InChI is InChI=1S/C12H14FN3O/c13-9-1-2-10-11(15-17-12(10)7-9)8-16-5-3-14-4-6-16/h1-2,7,14H,3-6,8H2. The molecule has 0 saturated carbocycles. The molecular formula is C12H14FN3O. The number of benzene rings is 1. The third-order valence-electron chi connectivity index (χ3n) is 3.09. The molecule has 2 heterocycles. The first-order chi connectivity index (χ1) is 8.33. The van der Waals surface area contributed by atoms with E-state index >= 15 is 0 Å². The van der Waals surface area contributed by atoms with E-state index in [-0.39, 0.29) is 5.82 Å². The molecule has 4 nitrogen and oxygen atoms in total. The second-order valence-electron chi connectivity index (χ2n) is 4.30. The lowest BCUT2D eigenvalue weighted by Gasteiger charge is -2.26. The number of halogens is 1. The molecular weight excluding hydrogens is 221 g/mol. The predicted molar refractivity (Wildman–Crippen MR) is 62.1 cm³/mol. The Morgan fingerprint density at radius 1 is 1.35 bits per heavy atom.